The third-order valence-corrected chi connectivity index (χ3v) is 3.63. The van der Waals surface area contributed by atoms with Gasteiger partial charge in [-0.05, 0) is 34.6 Å². The van der Waals surface area contributed by atoms with Crippen LogP contribution < -0.4 is 0 Å². The summed E-state index contributed by atoms with van der Waals surface area (Å²) in [5.41, 5.74) is 2.47. The lowest BCUT2D eigenvalue weighted by atomic mass is 9.78. The topological polar surface area (TPSA) is 3.01 Å². The van der Waals surface area contributed by atoms with Gasteiger partial charge in [0.05, 0.1) is 5.41 Å². The van der Waals surface area contributed by atoms with Crippen LogP contribution in [-0.2, 0) is 0 Å². The first kappa shape index (κ1) is 13.7. The number of nitrogens with zero attached hydrogens (tertiary/aromatic N) is 1. The fourth-order valence-corrected chi connectivity index (χ4v) is 4.19. The molecule has 0 saturated carbocycles. The summed E-state index contributed by atoms with van der Waals surface area (Å²) in [6.07, 6.45) is 1.25. The van der Waals surface area contributed by atoms with Gasteiger partial charge < -0.3 is 0 Å². The molecule has 1 heterocycles. The predicted octanol–water partition coefficient (Wildman–Crippen LogP) is 4.10. The average Bonchev–Trinajstić information content (AvgIpc) is 2.12. The van der Waals surface area contributed by atoms with Gasteiger partial charge in [-0.2, -0.15) is 0 Å². The van der Waals surface area contributed by atoms with Crippen molar-refractivity contribution in [3.8, 4) is 0 Å². The summed E-state index contributed by atoms with van der Waals surface area (Å²) in [6.45, 7) is 21.2. The van der Waals surface area contributed by atoms with Gasteiger partial charge in [0.1, 0.15) is 0 Å². The molecule has 1 rings (SSSR count). The van der Waals surface area contributed by atoms with E-state index < -0.39 is 0 Å². The Morgan fingerprint density at radius 3 is 1.75 bits per heavy atom. The maximum Gasteiger partial charge on any atom is 0.161 e. The van der Waals surface area contributed by atoms with E-state index in [1.165, 1.54) is 6.42 Å². The molecule has 0 radical (unpaired) electrons. The van der Waals surface area contributed by atoms with Gasteiger partial charge in [0.25, 0.3) is 0 Å². The molecule has 0 aromatic carbocycles. The first-order chi connectivity index (χ1) is 6.89. The Hall–Kier alpha value is -0.330. The second kappa shape index (κ2) is 3.58. The van der Waals surface area contributed by atoms with E-state index in [1.54, 1.807) is 5.71 Å². The highest BCUT2D eigenvalue weighted by molar-refractivity contribution is 5.88. The minimum Gasteiger partial charge on any atom is -0.227 e. The van der Waals surface area contributed by atoms with Crippen molar-refractivity contribution in [2.24, 2.45) is 11.3 Å². The van der Waals surface area contributed by atoms with Gasteiger partial charge in [-0.1, -0.05) is 27.7 Å². The van der Waals surface area contributed by atoms with E-state index >= 15 is 0 Å². The highest BCUT2D eigenvalue weighted by atomic mass is 15.2. The largest absolute Gasteiger partial charge is 0.227 e. The molecule has 0 saturated heterocycles. The van der Waals surface area contributed by atoms with Crippen LogP contribution in [0.3, 0.4) is 0 Å². The molecule has 0 fully saturated rings. The summed E-state index contributed by atoms with van der Waals surface area (Å²) >= 11 is 0. The van der Waals surface area contributed by atoms with E-state index in [-0.39, 0.29) is 11.1 Å². The third-order valence-electron chi connectivity index (χ3n) is 3.63. The van der Waals surface area contributed by atoms with Crippen molar-refractivity contribution < 1.29 is 4.58 Å². The summed E-state index contributed by atoms with van der Waals surface area (Å²) in [7, 11) is 0. The van der Waals surface area contributed by atoms with Gasteiger partial charge in [0.15, 0.2) is 16.8 Å². The molecular formula is C15H30N+. The molecule has 0 aromatic rings. The van der Waals surface area contributed by atoms with Crippen molar-refractivity contribution in [3.63, 3.8) is 0 Å². The molecule has 1 heteroatoms. The van der Waals surface area contributed by atoms with Crippen molar-refractivity contribution in [2.45, 2.75) is 79.8 Å². The lowest BCUT2D eigenvalue weighted by Crippen LogP contribution is -2.47. The van der Waals surface area contributed by atoms with E-state index in [4.69, 9.17) is 0 Å². The van der Waals surface area contributed by atoms with E-state index in [2.05, 4.69) is 66.9 Å². The number of hydrogen-bond donors (Lipinski definition) is 0. The van der Waals surface area contributed by atoms with Crippen molar-refractivity contribution >= 4 is 5.71 Å². The van der Waals surface area contributed by atoms with E-state index in [9.17, 15) is 0 Å². The van der Waals surface area contributed by atoms with Gasteiger partial charge in [0, 0.05) is 12.3 Å². The molecule has 1 aliphatic heterocycles. The van der Waals surface area contributed by atoms with Crippen molar-refractivity contribution in [1.29, 1.82) is 0 Å². The second-order valence-corrected chi connectivity index (χ2v) is 7.92. The van der Waals surface area contributed by atoms with Gasteiger partial charge >= 0.3 is 0 Å². The molecule has 1 nitrogen and oxygen atoms in total. The third kappa shape index (κ3) is 2.19. The van der Waals surface area contributed by atoms with Crippen LogP contribution in [0.5, 0.6) is 0 Å². The van der Waals surface area contributed by atoms with Crippen LogP contribution in [-0.4, -0.2) is 21.4 Å². The molecule has 0 unspecified atom stereocenters. The van der Waals surface area contributed by atoms with Crippen LogP contribution in [0, 0.1) is 11.3 Å². The fourth-order valence-electron chi connectivity index (χ4n) is 4.19. The highest BCUT2D eigenvalue weighted by Crippen LogP contribution is 2.43. The Kier molecular flexibility index (Phi) is 3.07. The predicted molar refractivity (Wildman–Crippen MR) is 72.3 cm³/mol. The van der Waals surface area contributed by atoms with E-state index in [0.717, 1.165) is 0 Å². The van der Waals surface area contributed by atoms with Crippen LogP contribution in [0.1, 0.15) is 68.7 Å². The lowest BCUT2D eigenvalue weighted by molar-refractivity contribution is -0.654. The zero-order valence-electron chi connectivity index (χ0n) is 12.7. The minimum atomic E-state index is 0.219. The maximum absolute atomic E-state index is 2.67. The quantitative estimate of drug-likeness (QED) is 0.590. The van der Waals surface area contributed by atoms with Crippen molar-refractivity contribution in [3.05, 3.63) is 0 Å². The first-order valence-corrected chi connectivity index (χ1v) is 6.57. The van der Waals surface area contributed by atoms with Crippen LogP contribution in [0.25, 0.3) is 0 Å². The van der Waals surface area contributed by atoms with Gasteiger partial charge in [-0.3, -0.25) is 0 Å². The van der Waals surface area contributed by atoms with E-state index in [0.29, 0.717) is 11.3 Å². The Bertz CT molecular complexity index is 311. The van der Waals surface area contributed by atoms with Crippen LogP contribution in [0.2, 0.25) is 0 Å². The summed E-state index contributed by atoms with van der Waals surface area (Å²) < 4.78 is 2.67. The molecule has 0 amide bonds. The van der Waals surface area contributed by atoms with Crippen molar-refractivity contribution in [2.75, 3.05) is 0 Å². The van der Waals surface area contributed by atoms with E-state index in [1.807, 2.05) is 0 Å². The SMILES string of the molecule is CC(C)C1=[N+](C(C)(C)C)C(C)(C)CC1(C)C. The van der Waals surface area contributed by atoms with Crippen LogP contribution in [0.4, 0.5) is 0 Å². The zero-order valence-corrected chi connectivity index (χ0v) is 12.7. The Morgan fingerprint density at radius 1 is 1.06 bits per heavy atom. The highest BCUT2D eigenvalue weighted by Gasteiger charge is 2.55. The fraction of sp³-hybridized carbons (Fsp3) is 0.933. The molecular weight excluding hydrogens is 194 g/mol. The molecule has 0 aliphatic carbocycles. The standard InChI is InChI=1S/C15H30N/c1-11(2)12-14(6,7)10-15(8,9)16(12)13(3,4)5/h11H,10H2,1-9H3/q+1. The first-order valence-electron chi connectivity index (χ1n) is 6.57. The Balaban J connectivity index is 3.46. The zero-order chi connectivity index (χ0) is 12.9. The van der Waals surface area contributed by atoms with Gasteiger partial charge in [0.2, 0.25) is 0 Å². The smallest absolute Gasteiger partial charge is 0.161 e. The van der Waals surface area contributed by atoms with Crippen LogP contribution in [0.15, 0.2) is 0 Å². The molecule has 16 heavy (non-hydrogen) atoms. The molecule has 94 valence electrons. The monoisotopic (exact) mass is 224 g/mol. The minimum absolute atomic E-state index is 0.219. The summed E-state index contributed by atoms with van der Waals surface area (Å²) in [4.78, 5) is 0. The Labute approximate surface area is 102 Å². The molecule has 1 aliphatic rings. The molecule has 0 N–H and O–H groups in total. The second-order valence-electron chi connectivity index (χ2n) is 7.92. The average molecular weight is 224 g/mol. The van der Waals surface area contributed by atoms with Crippen LogP contribution >= 0.6 is 0 Å². The molecule has 0 bridgehead atoms. The molecule has 0 spiro atoms. The van der Waals surface area contributed by atoms with Gasteiger partial charge in [-0.15, -0.1) is 0 Å². The summed E-state index contributed by atoms with van der Waals surface area (Å²) in [5.74, 6) is 0.635. The number of hydrogen-bond acceptors (Lipinski definition) is 0. The Morgan fingerprint density at radius 2 is 1.50 bits per heavy atom. The number of rotatable bonds is 1. The molecule has 0 aromatic heterocycles. The summed E-state index contributed by atoms with van der Waals surface area (Å²) in [6, 6.07) is 0. The lowest BCUT2D eigenvalue weighted by Gasteiger charge is -2.28. The van der Waals surface area contributed by atoms with Gasteiger partial charge in [-0.25, -0.2) is 4.58 Å². The normalized spacial score (nSPS) is 24.4. The molecule has 0 atom stereocenters. The summed E-state index contributed by atoms with van der Waals surface area (Å²) in [5, 5.41) is 0. The van der Waals surface area contributed by atoms with Crippen molar-refractivity contribution in [1.82, 2.24) is 0 Å². The maximum atomic E-state index is 2.67.